The molecule has 0 aliphatic rings. The molecule has 0 aliphatic carbocycles. The van der Waals surface area contributed by atoms with E-state index in [4.69, 9.17) is 0 Å². The maximum Gasteiger partial charge on any atom is 1.00 e. The molecule has 0 N–H and O–H groups in total. The Morgan fingerprint density at radius 2 is 2.00 bits per heavy atom. The van der Waals surface area contributed by atoms with E-state index < -0.39 is 7.60 Å². The van der Waals surface area contributed by atoms with Crippen molar-refractivity contribution in [2.45, 2.75) is 13.8 Å². The summed E-state index contributed by atoms with van der Waals surface area (Å²) < 4.78 is 14.8. The van der Waals surface area contributed by atoms with E-state index in [9.17, 15) is 9.46 Å². The summed E-state index contributed by atoms with van der Waals surface area (Å²) in [5.74, 6) is 0. The van der Waals surface area contributed by atoms with Crippen LogP contribution in [0.2, 0.25) is 0 Å². The van der Waals surface area contributed by atoms with Crippen molar-refractivity contribution in [1.29, 1.82) is 0 Å². The predicted molar refractivity (Wildman–Crippen MR) is 29.8 cm³/mol. The summed E-state index contributed by atoms with van der Waals surface area (Å²) in [6, 6.07) is 0. The first-order valence-corrected chi connectivity index (χ1v) is 4.29. The molecule has 0 aromatic rings. The molecule has 3 nitrogen and oxygen atoms in total. The van der Waals surface area contributed by atoms with Gasteiger partial charge in [0.05, 0.1) is 6.61 Å². The van der Waals surface area contributed by atoms with Gasteiger partial charge in [0.15, 0.2) is 0 Å². The van der Waals surface area contributed by atoms with E-state index in [1.165, 1.54) is 0 Å². The van der Waals surface area contributed by atoms with E-state index in [1.807, 2.05) is 0 Å². The van der Waals surface area contributed by atoms with Gasteiger partial charge in [-0.15, -0.1) is 0 Å². The maximum absolute atomic E-state index is 10.4. The van der Waals surface area contributed by atoms with Crippen LogP contribution in [0.5, 0.6) is 0 Å². The van der Waals surface area contributed by atoms with E-state index in [-0.39, 0.29) is 42.3 Å². The van der Waals surface area contributed by atoms with Crippen LogP contribution in [0, 0.1) is 0 Å². The van der Waals surface area contributed by atoms with Gasteiger partial charge in [0.1, 0.15) is 7.60 Å². The van der Waals surface area contributed by atoms with Crippen molar-refractivity contribution in [1.82, 2.24) is 0 Å². The van der Waals surface area contributed by atoms with E-state index in [0.717, 1.165) is 0 Å². The summed E-state index contributed by atoms with van der Waals surface area (Å²) in [6.45, 7) is 3.46. The van der Waals surface area contributed by atoms with Crippen LogP contribution >= 0.6 is 7.60 Å². The molecular weight excluding hydrogens is 150 g/mol. The normalized spacial score (nSPS) is 15.9. The van der Waals surface area contributed by atoms with Crippen molar-refractivity contribution in [2.24, 2.45) is 0 Å². The Bertz CT molecular complexity index is 106. The Labute approximate surface area is 77.6 Å². The van der Waals surface area contributed by atoms with Crippen molar-refractivity contribution >= 4 is 7.60 Å². The molecule has 0 aromatic heterocycles. The number of rotatable bonds is 3. The Kier molecular flexibility index (Phi) is 8.39. The molecule has 0 amide bonds. The van der Waals surface area contributed by atoms with Gasteiger partial charge in [-0.2, -0.15) is 0 Å². The second kappa shape index (κ2) is 5.90. The van der Waals surface area contributed by atoms with Crippen LogP contribution in [-0.2, 0) is 9.09 Å². The molecule has 1 atom stereocenters. The Morgan fingerprint density at radius 3 is 2.11 bits per heavy atom. The summed E-state index contributed by atoms with van der Waals surface area (Å²) >= 11 is 0. The van der Waals surface area contributed by atoms with Crippen LogP contribution < -0.4 is 34.5 Å². The predicted octanol–water partition coefficient (Wildman–Crippen LogP) is -2.40. The van der Waals surface area contributed by atoms with Crippen molar-refractivity contribution in [3.8, 4) is 0 Å². The van der Waals surface area contributed by atoms with E-state index in [1.54, 1.807) is 13.8 Å². The molecule has 0 spiro atoms. The van der Waals surface area contributed by atoms with Crippen LogP contribution in [0.1, 0.15) is 13.8 Å². The molecule has 0 radical (unpaired) electrons. The second-order valence-electron chi connectivity index (χ2n) is 1.34. The minimum atomic E-state index is -3.42. The minimum Gasteiger partial charge on any atom is -0.779 e. The van der Waals surface area contributed by atoms with Crippen molar-refractivity contribution < 1.29 is 43.5 Å². The van der Waals surface area contributed by atoms with Gasteiger partial charge >= 0.3 is 29.6 Å². The molecule has 0 saturated carbocycles. The van der Waals surface area contributed by atoms with Gasteiger partial charge in [-0.25, -0.2) is 0 Å². The van der Waals surface area contributed by atoms with Gasteiger partial charge in [0, 0.05) is 6.16 Å². The topological polar surface area (TPSA) is 49.4 Å². The first-order chi connectivity index (χ1) is 3.62. The minimum absolute atomic E-state index is 0. The molecule has 0 aliphatic heterocycles. The molecule has 50 valence electrons. The standard InChI is InChI=1S/C4H11O3P.Na/c1-3-7-8(5,6)4-2;/h3-4H2,1-2H3,(H,5,6);/q;+1/p-1. The first-order valence-electron chi connectivity index (χ1n) is 2.57. The quantitative estimate of drug-likeness (QED) is 0.341. The molecular formula is C4H10NaO3P. The smallest absolute Gasteiger partial charge is 0.779 e. The Hall–Kier alpha value is 1.15. The summed E-state index contributed by atoms with van der Waals surface area (Å²) in [5, 5.41) is 0. The molecule has 5 heteroatoms. The van der Waals surface area contributed by atoms with Crippen LogP contribution in [0.25, 0.3) is 0 Å². The third-order valence-electron chi connectivity index (χ3n) is 0.713. The van der Waals surface area contributed by atoms with E-state index in [2.05, 4.69) is 4.52 Å². The van der Waals surface area contributed by atoms with Crippen molar-refractivity contribution in [2.75, 3.05) is 12.8 Å². The fourth-order valence-electron chi connectivity index (χ4n) is 0.288. The van der Waals surface area contributed by atoms with E-state index in [0.29, 0.717) is 0 Å². The van der Waals surface area contributed by atoms with Crippen LogP contribution in [-0.4, -0.2) is 12.8 Å². The van der Waals surface area contributed by atoms with Gasteiger partial charge in [0.25, 0.3) is 0 Å². The summed E-state index contributed by atoms with van der Waals surface area (Å²) in [7, 11) is -3.42. The largest absolute Gasteiger partial charge is 1.00 e. The zero-order valence-corrected chi connectivity index (χ0v) is 8.98. The summed E-state index contributed by atoms with van der Waals surface area (Å²) in [5.41, 5.74) is 0. The van der Waals surface area contributed by atoms with Crippen LogP contribution in [0.3, 0.4) is 0 Å². The van der Waals surface area contributed by atoms with Crippen molar-refractivity contribution in [3.63, 3.8) is 0 Å². The maximum atomic E-state index is 10.4. The molecule has 1 unspecified atom stereocenters. The molecule has 0 heterocycles. The number of hydrogen-bond acceptors (Lipinski definition) is 3. The molecule has 0 bridgehead atoms. The average Bonchev–Trinajstić information content (AvgIpc) is 1.67. The molecule has 0 rings (SSSR count). The first kappa shape index (κ1) is 12.8. The van der Waals surface area contributed by atoms with Crippen LogP contribution in [0.15, 0.2) is 0 Å². The summed E-state index contributed by atoms with van der Waals surface area (Å²) in [4.78, 5) is 10.4. The average molecular weight is 160 g/mol. The third-order valence-corrected chi connectivity index (χ3v) is 2.14. The SMILES string of the molecule is CCOP(=O)([O-])CC.[Na+]. The third kappa shape index (κ3) is 7.04. The Morgan fingerprint density at radius 1 is 1.56 bits per heavy atom. The fraction of sp³-hybridized carbons (Fsp3) is 1.00. The molecule has 0 fully saturated rings. The van der Waals surface area contributed by atoms with Gasteiger partial charge in [0.2, 0.25) is 0 Å². The monoisotopic (exact) mass is 160 g/mol. The zero-order valence-electron chi connectivity index (χ0n) is 6.09. The van der Waals surface area contributed by atoms with E-state index >= 15 is 0 Å². The Balaban J connectivity index is 0. The molecule has 0 saturated heterocycles. The second-order valence-corrected chi connectivity index (χ2v) is 3.46. The number of hydrogen-bond donors (Lipinski definition) is 0. The van der Waals surface area contributed by atoms with Gasteiger partial charge in [-0.1, -0.05) is 6.92 Å². The van der Waals surface area contributed by atoms with Gasteiger partial charge in [-0.3, -0.25) is 0 Å². The fourth-order valence-corrected chi connectivity index (χ4v) is 0.864. The zero-order chi connectivity index (χ0) is 6.62. The van der Waals surface area contributed by atoms with Gasteiger partial charge < -0.3 is 14.0 Å². The van der Waals surface area contributed by atoms with Gasteiger partial charge in [-0.05, 0) is 6.92 Å². The summed E-state index contributed by atoms with van der Waals surface area (Å²) in [6.07, 6.45) is 0.0842. The molecule has 0 aromatic carbocycles. The van der Waals surface area contributed by atoms with Crippen molar-refractivity contribution in [3.05, 3.63) is 0 Å². The van der Waals surface area contributed by atoms with Crippen LogP contribution in [0.4, 0.5) is 0 Å². The molecule has 9 heavy (non-hydrogen) atoms.